The first-order valence-corrected chi connectivity index (χ1v) is 7.17. The number of ether oxygens (including phenoxy) is 1. The van der Waals surface area contributed by atoms with E-state index in [0.717, 1.165) is 25.1 Å². The third-order valence-electron chi connectivity index (χ3n) is 3.92. The highest BCUT2D eigenvalue weighted by molar-refractivity contribution is 5.71. The van der Waals surface area contributed by atoms with Gasteiger partial charge >= 0.3 is 0 Å². The molecule has 1 aliphatic heterocycles. The van der Waals surface area contributed by atoms with Gasteiger partial charge in [-0.2, -0.15) is 0 Å². The Morgan fingerprint density at radius 1 is 1.50 bits per heavy atom. The highest BCUT2D eigenvalue weighted by Gasteiger charge is 2.32. The minimum atomic E-state index is -0.438. The van der Waals surface area contributed by atoms with Crippen molar-refractivity contribution in [3.63, 3.8) is 0 Å². The van der Waals surface area contributed by atoms with Crippen molar-refractivity contribution >= 4 is 11.4 Å². The average Bonchev–Trinajstić information content (AvgIpc) is 2.78. The third kappa shape index (κ3) is 2.82. The van der Waals surface area contributed by atoms with E-state index in [1.165, 1.54) is 6.07 Å². The van der Waals surface area contributed by atoms with Crippen LogP contribution in [0.4, 0.5) is 15.8 Å². The van der Waals surface area contributed by atoms with Gasteiger partial charge < -0.3 is 20.5 Å². The van der Waals surface area contributed by atoms with Gasteiger partial charge in [0.15, 0.2) is 11.6 Å². The first-order chi connectivity index (χ1) is 9.58. The summed E-state index contributed by atoms with van der Waals surface area (Å²) in [5.41, 5.74) is 7.08. The number of halogens is 1. The molecule has 20 heavy (non-hydrogen) atoms. The van der Waals surface area contributed by atoms with Crippen molar-refractivity contribution in [2.24, 2.45) is 5.92 Å². The summed E-state index contributed by atoms with van der Waals surface area (Å²) in [6, 6.07) is 2.99. The molecule has 0 aromatic heterocycles. The van der Waals surface area contributed by atoms with Crippen LogP contribution in [-0.2, 0) is 0 Å². The molecule has 0 saturated carbocycles. The van der Waals surface area contributed by atoms with Crippen molar-refractivity contribution in [2.45, 2.75) is 32.7 Å². The van der Waals surface area contributed by atoms with Crippen LogP contribution in [0.25, 0.3) is 0 Å². The van der Waals surface area contributed by atoms with Gasteiger partial charge in [-0.05, 0) is 18.8 Å². The fourth-order valence-corrected chi connectivity index (χ4v) is 2.72. The van der Waals surface area contributed by atoms with E-state index in [4.69, 9.17) is 10.5 Å². The van der Waals surface area contributed by atoms with Gasteiger partial charge in [-0.3, -0.25) is 0 Å². The lowest BCUT2D eigenvalue weighted by molar-refractivity contribution is 0.244. The fourth-order valence-electron chi connectivity index (χ4n) is 2.72. The van der Waals surface area contributed by atoms with Crippen LogP contribution in [-0.4, -0.2) is 30.9 Å². The fraction of sp³-hybridized carbons (Fsp3) is 0.600. The molecule has 0 bridgehead atoms. The summed E-state index contributed by atoms with van der Waals surface area (Å²) in [7, 11) is 0. The Morgan fingerprint density at radius 3 is 2.90 bits per heavy atom. The molecule has 0 aliphatic carbocycles. The molecule has 1 aromatic rings. The number of anilines is 2. The maximum absolute atomic E-state index is 13.8. The first kappa shape index (κ1) is 14.9. The van der Waals surface area contributed by atoms with Gasteiger partial charge in [-0.25, -0.2) is 4.39 Å². The summed E-state index contributed by atoms with van der Waals surface area (Å²) in [6.45, 7) is 5.44. The molecular weight excluding hydrogens is 259 g/mol. The molecule has 2 rings (SSSR count). The second-order valence-electron chi connectivity index (χ2n) is 5.40. The van der Waals surface area contributed by atoms with E-state index in [0.29, 0.717) is 18.2 Å². The Bertz CT molecular complexity index is 467. The molecule has 2 unspecified atom stereocenters. The topological polar surface area (TPSA) is 58.7 Å². The molecule has 1 fully saturated rings. The number of aliphatic hydroxyl groups is 1. The Kier molecular flexibility index (Phi) is 4.70. The van der Waals surface area contributed by atoms with Gasteiger partial charge in [-0.15, -0.1) is 0 Å². The van der Waals surface area contributed by atoms with Crippen LogP contribution < -0.4 is 15.4 Å². The summed E-state index contributed by atoms with van der Waals surface area (Å²) in [4.78, 5) is 2.05. The van der Waals surface area contributed by atoms with E-state index in [-0.39, 0.29) is 18.4 Å². The molecule has 3 N–H and O–H groups in total. The summed E-state index contributed by atoms with van der Waals surface area (Å²) >= 11 is 0. The van der Waals surface area contributed by atoms with Gasteiger partial charge in [0.05, 0.1) is 30.6 Å². The second kappa shape index (κ2) is 6.31. The van der Waals surface area contributed by atoms with Crippen LogP contribution in [0.15, 0.2) is 12.1 Å². The van der Waals surface area contributed by atoms with Crippen molar-refractivity contribution in [1.29, 1.82) is 0 Å². The maximum Gasteiger partial charge on any atom is 0.167 e. The van der Waals surface area contributed by atoms with E-state index >= 15 is 0 Å². The van der Waals surface area contributed by atoms with Crippen molar-refractivity contribution in [2.75, 3.05) is 30.4 Å². The number of nitrogens with zero attached hydrogens (tertiary/aromatic N) is 1. The largest absolute Gasteiger partial charge is 0.490 e. The van der Waals surface area contributed by atoms with Gasteiger partial charge in [0.25, 0.3) is 0 Å². The molecule has 1 aliphatic rings. The van der Waals surface area contributed by atoms with E-state index in [1.54, 1.807) is 6.07 Å². The summed E-state index contributed by atoms with van der Waals surface area (Å²) < 4.78 is 19.2. The molecule has 5 heteroatoms. The van der Waals surface area contributed by atoms with Gasteiger partial charge in [0.2, 0.25) is 0 Å². The van der Waals surface area contributed by atoms with E-state index < -0.39 is 5.82 Å². The molecule has 0 spiro atoms. The number of nitrogen functional groups attached to an aromatic ring is 1. The van der Waals surface area contributed by atoms with Crippen molar-refractivity contribution < 1.29 is 14.2 Å². The summed E-state index contributed by atoms with van der Waals surface area (Å²) in [5.74, 6) is 0.184. The molecule has 0 amide bonds. The predicted molar refractivity (Wildman–Crippen MR) is 78.6 cm³/mol. The third-order valence-corrected chi connectivity index (χ3v) is 3.92. The SMILES string of the molecule is CCCOc1cc(N2CCC(C)C2CO)c(N)cc1F. The molecule has 4 nitrogen and oxygen atoms in total. The quantitative estimate of drug-likeness (QED) is 0.814. The van der Waals surface area contributed by atoms with Crippen molar-refractivity contribution in [3.05, 3.63) is 17.9 Å². The normalized spacial score (nSPS) is 22.3. The van der Waals surface area contributed by atoms with Gasteiger partial charge in [0.1, 0.15) is 0 Å². The Hall–Kier alpha value is -1.49. The maximum atomic E-state index is 13.8. The average molecular weight is 282 g/mol. The minimum absolute atomic E-state index is 0.0294. The Morgan fingerprint density at radius 2 is 2.25 bits per heavy atom. The van der Waals surface area contributed by atoms with Gasteiger partial charge in [0, 0.05) is 18.7 Å². The summed E-state index contributed by atoms with van der Waals surface area (Å²) in [5, 5.41) is 9.54. The molecule has 112 valence electrons. The van der Waals surface area contributed by atoms with Gasteiger partial charge in [-0.1, -0.05) is 13.8 Å². The number of hydrogen-bond acceptors (Lipinski definition) is 4. The van der Waals surface area contributed by atoms with E-state index in [9.17, 15) is 9.50 Å². The molecule has 1 aromatic carbocycles. The lowest BCUT2D eigenvalue weighted by Crippen LogP contribution is -2.35. The zero-order valence-corrected chi connectivity index (χ0v) is 12.1. The van der Waals surface area contributed by atoms with Crippen LogP contribution in [0.5, 0.6) is 5.75 Å². The van der Waals surface area contributed by atoms with Crippen molar-refractivity contribution in [1.82, 2.24) is 0 Å². The lowest BCUT2D eigenvalue weighted by Gasteiger charge is -2.29. The Labute approximate surface area is 119 Å². The zero-order valence-electron chi connectivity index (χ0n) is 12.1. The molecule has 0 radical (unpaired) electrons. The lowest BCUT2D eigenvalue weighted by atomic mass is 10.0. The molecular formula is C15H23FN2O2. The van der Waals surface area contributed by atoms with Crippen LogP contribution >= 0.6 is 0 Å². The number of hydrogen-bond donors (Lipinski definition) is 2. The standard InChI is InChI=1S/C15H23FN2O2/c1-3-6-20-15-8-13(12(17)7-11(15)16)18-5-4-10(2)14(18)9-19/h7-8,10,14,19H,3-6,9,17H2,1-2H3. The van der Waals surface area contributed by atoms with Crippen LogP contribution in [0.2, 0.25) is 0 Å². The number of aliphatic hydroxyl groups excluding tert-OH is 1. The van der Waals surface area contributed by atoms with Crippen LogP contribution in [0.3, 0.4) is 0 Å². The van der Waals surface area contributed by atoms with Crippen molar-refractivity contribution in [3.8, 4) is 5.75 Å². The first-order valence-electron chi connectivity index (χ1n) is 7.17. The molecule has 1 heterocycles. The van der Waals surface area contributed by atoms with E-state index in [2.05, 4.69) is 11.8 Å². The molecule has 1 saturated heterocycles. The summed E-state index contributed by atoms with van der Waals surface area (Å²) in [6.07, 6.45) is 1.81. The highest BCUT2D eigenvalue weighted by atomic mass is 19.1. The molecule has 2 atom stereocenters. The van der Waals surface area contributed by atoms with E-state index in [1.807, 2.05) is 6.92 Å². The smallest absolute Gasteiger partial charge is 0.167 e. The zero-order chi connectivity index (χ0) is 14.7. The monoisotopic (exact) mass is 282 g/mol. The predicted octanol–water partition coefficient (Wildman–Crippen LogP) is 2.40. The highest BCUT2D eigenvalue weighted by Crippen LogP contribution is 2.36. The van der Waals surface area contributed by atoms with Crippen LogP contribution in [0.1, 0.15) is 26.7 Å². The van der Waals surface area contributed by atoms with Crippen LogP contribution in [0, 0.1) is 11.7 Å². The number of benzene rings is 1. The number of nitrogens with two attached hydrogens (primary N) is 1. The Balaban J connectivity index is 2.31. The minimum Gasteiger partial charge on any atom is -0.490 e. The number of rotatable bonds is 5. The second-order valence-corrected chi connectivity index (χ2v) is 5.40.